The second-order valence-electron chi connectivity index (χ2n) is 3.42. The van der Waals surface area contributed by atoms with E-state index in [1.807, 2.05) is 0 Å². The standard InChI is InChI=1S/C11H12FN5/c1-17(9-5-3-2-4-8(9)12)11-7-14-6-10(15-11)16-13/h2-7H,13H2,1H3,(H,15,16). The fraction of sp³-hybridized carbons (Fsp3) is 0.0909. The third-order valence-electron chi connectivity index (χ3n) is 2.33. The van der Waals surface area contributed by atoms with Crippen LogP contribution in [0.1, 0.15) is 0 Å². The van der Waals surface area contributed by atoms with Crippen LogP contribution in [0.25, 0.3) is 0 Å². The van der Waals surface area contributed by atoms with Crippen molar-refractivity contribution in [3.63, 3.8) is 0 Å². The molecule has 0 saturated heterocycles. The minimum atomic E-state index is -0.317. The smallest absolute Gasteiger partial charge is 0.160 e. The first-order valence-corrected chi connectivity index (χ1v) is 4.99. The Labute approximate surface area is 98.1 Å². The molecule has 1 aromatic heterocycles. The van der Waals surface area contributed by atoms with Crippen molar-refractivity contribution in [2.75, 3.05) is 17.4 Å². The molecule has 2 aromatic rings. The largest absolute Gasteiger partial charge is 0.326 e. The Morgan fingerprint density at radius 3 is 2.76 bits per heavy atom. The van der Waals surface area contributed by atoms with Crippen LogP contribution < -0.4 is 16.2 Å². The van der Waals surface area contributed by atoms with E-state index in [1.165, 1.54) is 18.5 Å². The summed E-state index contributed by atoms with van der Waals surface area (Å²) < 4.78 is 13.6. The molecule has 1 heterocycles. The number of aromatic nitrogens is 2. The molecule has 6 heteroatoms. The van der Waals surface area contributed by atoms with Crippen molar-refractivity contribution in [1.82, 2.24) is 9.97 Å². The predicted octanol–water partition coefficient (Wildman–Crippen LogP) is 1.67. The number of hydrazine groups is 1. The van der Waals surface area contributed by atoms with Crippen LogP contribution in [0.5, 0.6) is 0 Å². The van der Waals surface area contributed by atoms with Crippen molar-refractivity contribution >= 4 is 17.3 Å². The van der Waals surface area contributed by atoms with Crippen LogP contribution in [-0.2, 0) is 0 Å². The molecule has 1 aromatic carbocycles. The zero-order valence-corrected chi connectivity index (χ0v) is 9.26. The van der Waals surface area contributed by atoms with Gasteiger partial charge in [0.25, 0.3) is 0 Å². The van der Waals surface area contributed by atoms with Gasteiger partial charge in [-0.15, -0.1) is 0 Å². The van der Waals surface area contributed by atoms with Crippen molar-refractivity contribution in [2.24, 2.45) is 5.84 Å². The maximum absolute atomic E-state index is 13.6. The van der Waals surface area contributed by atoms with Gasteiger partial charge in [0.1, 0.15) is 5.82 Å². The molecular weight excluding hydrogens is 221 g/mol. The van der Waals surface area contributed by atoms with Gasteiger partial charge in [0.2, 0.25) is 0 Å². The Morgan fingerprint density at radius 2 is 2.06 bits per heavy atom. The highest BCUT2D eigenvalue weighted by Gasteiger charge is 2.10. The second kappa shape index (κ2) is 4.75. The first kappa shape index (κ1) is 11.3. The van der Waals surface area contributed by atoms with Crippen LogP contribution >= 0.6 is 0 Å². The summed E-state index contributed by atoms with van der Waals surface area (Å²) in [6.07, 6.45) is 3.02. The summed E-state index contributed by atoms with van der Waals surface area (Å²) in [6, 6.07) is 6.45. The van der Waals surface area contributed by atoms with E-state index in [0.717, 1.165) is 0 Å². The fourth-order valence-corrected chi connectivity index (χ4v) is 1.43. The van der Waals surface area contributed by atoms with Gasteiger partial charge in [-0.3, -0.25) is 4.98 Å². The molecular formula is C11H12FN5. The van der Waals surface area contributed by atoms with Gasteiger partial charge in [0.15, 0.2) is 11.6 Å². The minimum absolute atomic E-state index is 0.317. The summed E-state index contributed by atoms with van der Waals surface area (Å²) in [7, 11) is 1.71. The summed E-state index contributed by atoms with van der Waals surface area (Å²) in [6.45, 7) is 0. The Morgan fingerprint density at radius 1 is 1.29 bits per heavy atom. The molecule has 0 saturated carbocycles. The van der Waals surface area contributed by atoms with E-state index in [-0.39, 0.29) is 5.82 Å². The highest BCUT2D eigenvalue weighted by Crippen LogP contribution is 2.24. The molecule has 88 valence electrons. The topological polar surface area (TPSA) is 67.1 Å². The number of nitrogens with two attached hydrogens (primary N) is 1. The molecule has 0 amide bonds. The Hall–Kier alpha value is -2.21. The van der Waals surface area contributed by atoms with Gasteiger partial charge in [0, 0.05) is 7.05 Å². The highest BCUT2D eigenvalue weighted by atomic mass is 19.1. The SMILES string of the molecule is CN(c1cncc(NN)n1)c1ccccc1F. The maximum Gasteiger partial charge on any atom is 0.160 e. The van der Waals surface area contributed by atoms with E-state index in [9.17, 15) is 4.39 Å². The molecule has 0 aliphatic carbocycles. The van der Waals surface area contributed by atoms with E-state index in [4.69, 9.17) is 5.84 Å². The van der Waals surface area contributed by atoms with Gasteiger partial charge < -0.3 is 10.3 Å². The summed E-state index contributed by atoms with van der Waals surface area (Å²) in [5.74, 6) is 5.85. The van der Waals surface area contributed by atoms with Gasteiger partial charge in [-0.1, -0.05) is 12.1 Å². The van der Waals surface area contributed by atoms with Crippen LogP contribution in [0, 0.1) is 5.82 Å². The summed E-state index contributed by atoms with van der Waals surface area (Å²) in [5, 5.41) is 0. The molecule has 2 rings (SSSR count). The average Bonchev–Trinajstić information content (AvgIpc) is 2.38. The molecule has 0 spiro atoms. The Kier molecular flexibility index (Phi) is 3.15. The predicted molar refractivity (Wildman–Crippen MR) is 64.3 cm³/mol. The zero-order valence-electron chi connectivity index (χ0n) is 9.26. The molecule has 0 bridgehead atoms. The summed E-state index contributed by atoms with van der Waals surface area (Å²) in [5.41, 5.74) is 2.82. The van der Waals surface area contributed by atoms with Crippen LogP contribution in [0.15, 0.2) is 36.7 Å². The number of halogens is 1. The quantitative estimate of drug-likeness (QED) is 0.623. The lowest BCUT2D eigenvalue weighted by molar-refractivity contribution is 0.627. The second-order valence-corrected chi connectivity index (χ2v) is 3.42. The maximum atomic E-state index is 13.6. The van der Waals surface area contributed by atoms with E-state index in [2.05, 4.69) is 15.4 Å². The highest BCUT2D eigenvalue weighted by molar-refractivity contribution is 5.60. The van der Waals surface area contributed by atoms with Crippen LogP contribution in [0.4, 0.5) is 21.7 Å². The lowest BCUT2D eigenvalue weighted by atomic mass is 10.3. The number of anilines is 3. The van der Waals surface area contributed by atoms with E-state index < -0.39 is 0 Å². The van der Waals surface area contributed by atoms with Crippen LogP contribution in [0.3, 0.4) is 0 Å². The minimum Gasteiger partial charge on any atom is -0.326 e. The number of nitrogens with zero attached hydrogens (tertiary/aromatic N) is 3. The molecule has 0 atom stereocenters. The molecule has 0 radical (unpaired) electrons. The summed E-state index contributed by atoms with van der Waals surface area (Å²) >= 11 is 0. The third kappa shape index (κ3) is 2.31. The molecule has 0 aliphatic heterocycles. The van der Waals surface area contributed by atoms with Crippen molar-refractivity contribution in [3.8, 4) is 0 Å². The zero-order chi connectivity index (χ0) is 12.3. The van der Waals surface area contributed by atoms with Crippen molar-refractivity contribution < 1.29 is 4.39 Å². The number of hydrogen-bond donors (Lipinski definition) is 2. The third-order valence-corrected chi connectivity index (χ3v) is 2.33. The van der Waals surface area contributed by atoms with E-state index >= 15 is 0 Å². The number of rotatable bonds is 3. The first-order valence-electron chi connectivity index (χ1n) is 4.99. The number of hydrogen-bond acceptors (Lipinski definition) is 5. The molecule has 0 unspecified atom stereocenters. The van der Waals surface area contributed by atoms with Crippen molar-refractivity contribution in [2.45, 2.75) is 0 Å². The first-order chi connectivity index (χ1) is 8.22. The normalized spacial score (nSPS) is 10.1. The van der Waals surface area contributed by atoms with Gasteiger partial charge in [0.05, 0.1) is 18.1 Å². The van der Waals surface area contributed by atoms with Gasteiger partial charge >= 0.3 is 0 Å². The van der Waals surface area contributed by atoms with E-state index in [0.29, 0.717) is 17.3 Å². The van der Waals surface area contributed by atoms with E-state index in [1.54, 1.807) is 30.1 Å². The lowest BCUT2D eigenvalue weighted by Crippen LogP contribution is -2.15. The fourth-order valence-electron chi connectivity index (χ4n) is 1.43. The number of benzene rings is 1. The van der Waals surface area contributed by atoms with Gasteiger partial charge in [-0.25, -0.2) is 15.2 Å². The van der Waals surface area contributed by atoms with Crippen molar-refractivity contribution in [1.29, 1.82) is 0 Å². The lowest BCUT2D eigenvalue weighted by Gasteiger charge is -2.18. The number of para-hydroxylation sites is 1. The monoisotopic (exact) mass is 233 g/mol. The molecule has 5 nitrogen and oxygen atoms in total. The van der Waals surface area contributed by atoms with Crippen molar-refractivity contribution in [3.05, 3.63) is 42.5 Å². The summed E-state index contributed by atoms with van der Waals surface area (Å²) in [4.78, 5) is 9.73. The molecule has 3 N–H and O–H groups in total. The number of nitrogen functional groups attached to an aromatic ring is 1. The Balaban J connectivity index is 2.37. The molecule has 0 fully saturated rings. The molecule has 17 heavy (non-hydrogen) atoms. The molecule has 0 aliphatic rings. The average molecular weight is 233 g/mol. The van der Waals surface area contributed by atoms with Crippen LogP contribution in [-0.4, -0.2) is 17.0 Å². The van der Waals surface area contributed by atoms with Crippen LogP contribution in [0.2, 0.25) is 0 Å². The van der Waals surface area contributed by atoms with Gasteiger partial charge in [-0.2, -0.15) is 0 Å². The number of nitrogens with one attached hydrogen (secondary N) is 1. The van der Waals surface area contributed by atoms with Gasteiger partial charge in [-0.05, 0) is 12.1 Å². The Bertz CT molecular complexity index is 517.